The van der Waals surface area contributed by atoms with Crippen molar-refractivity contribution >= 4 is 35.0 Å². The topological polar surface area (TPSA) is 66.8 Å². The Bertz CT molecular complexity index is 1150. The van der Waals surface area contributed by atoms with Crippen LogP contribution in [0.1, 0.15) is 32.1 Å². The van der Waals surface area contributed by atoms with Crippen molar-refractivity contribution in [3.63, 3.8) is 0 Å². The molecule has 0 unspecified atom stereocenters. The molecule has 0 fully saturated rings. The average Bonchev–Trinajstić information content (AvgIpc) is 3.07. The van der Waals surface area contributed by atoms with Gasteiger partial charge in [0.05, 0.1) is 29.8 Å². The highest BCUT2D eigenvalue weighted by Crippen LogP contribution is 2.29. The number of hydrogen-bond donors (Lipinski definition) is 0. The number of carbonyl (C=O) groups excluding carboxylic acids is 2. The molecule has 0 aliphatic carbocycles. The summed E-state index contributed by atoms with van der Waals surface area (Å²) in [5.41, 5.74) is 3.05. The van der Waals surface area contributed by atoms with E-state index in [1.54, 1.807) is 30.3 Å². The van der Waals surface area contributed by atoms with Gasteiger partial charge in [0.1, 0.15) is 0 Å². The maximum atomic E-state index is 12.8. The molecule has 0 bridgehead atoms. The van der Waals surface area contributed by atoms with Crippen LogP contribution in [0.15, 0.2) is 42.5 Å². The highest BCUT2D eigenvalue weighted by atomic mass is 35.5. The van der Waals surface area contributed by atoms with E-state index in [4.69, 9.17) is 37.4 Å². The van der Waals surface area contributed by atoms with Crippen LogP contribution in [0.4, 0.5) is 0 Å². The molecule has 2 aromatic carbocycles. The Kier molecular flexibility index (Phi) is 6.93. The quantitative estimate of drug-likeness (QED) is 0.345. The predicted molar refractivity (Wildman–Crippen MR) is 119 cm³/mol. The normalized spacial score (nSPS) is 10.6. The zero-order valence-corrected chi connectivity index (χ0v) is 19.0. The summed E-state index contributed by atoms with van der Waals surface area (Å²) in [6, 6.07) is 11.7. The van der Waals surface area contributed by atoms with Gasteiger partial charge in [0.15, 0.2) is 18.1 Å². The Labute approximate surface area is 190 Å². The van der Waals surface area contributed by atoms with Crippen LogP contribution >= 0.6 is 23.2 Å². The van der Waals surface area contributed by atoms with Gasteiger partial charge in [-0.1, -0.05) is 23.2 Å². The first-order chi connectivity index (χ1) is 14.8. The van der Waals surface area contributed by atoms with Gasteiger partial charge in [-0.2, -0.15) is 0 Å². The SMILES string of the molecule is COc1ccc(C(=O)OCC(=O)c2cc(C)n(-c3ccc(Cl)c(Cl)c3)c2C)cc1OC. The van der Waals surface area contributed by atoms with Crippen molar-refractivity contribution < 1.29 is 23.8 Å². The van der Waals surface area contributed by atoms with Crippen LogP contribution < -0.4 is 9.47 Å². The van der Waals surface area contributed by atoms with Gasteiger partial charge in [-0.15, -0.1) is 0 Å². The lowest BCUT2D eigenvalue weighted by molar-refractivity contribution is 0.0474. The minimum Gasteiger partial charge on any atom is -0.493 e. The fourth-order valence-corrected chi connectivity index (χ4v) is 3.61. The van der Waals surface area contributed by atoms with Crippen LogP contribution in [0.5, 0.6) is 11.5 Å². The van der Waals surface area contributed by atoms with Gasteiger partial charge in [0.2, 0.25) is 5.78 Å². The highest BCUT2D eigenvalue weighted by molar-refractivity contribution is 6.42. The van der Waals surface area contributed by atoms with Crippen molar-refractivity contribution in [2.75, 3.05) is 20.8 Å². The van der Waals surface area contributed by atoms with Gasteiger partial charge < -0.3 is 18.8 Å². The van der Waals surface area contributed by atoms with E-state index in [1.165, 1.54) is 20.3 Å². The number of hydrogen-bond acceptors (Lipinski definition) is 5. The lowest BCUT2D eigenvalue weighted by Gasteiger charge is -2.11. The van der Waals surface area contributed by atoms with Crippen molar-refractivity contribution in [2.45, 2.75) is 13.8 Å². The Morgan fingerprint density at radius 1 is 0.903 bits per heavy atom. The van der Waals surface area contributed by atoms with Crippen LogP contribution in [0.2, 0.25) is 10.0 Å². The summed E-state index contributed by atoms with van der Waals surface area (Å²) in [6.07, 6.45) is 0. The number of esters is 1. The molecular weight excluding hydrogens is 441 g/mol. The standard InChI is InChI=1S/C23H21Cl2NO5/c1-13-9-17(14(2)26(13)16-6-7-18(24)19(25)11-16)20(27)12-31-23(28)15-5-8-21(29-3)22(10-15)30-4/h5-11H,12H2,1-4H3. The molecule has 8 heteroatoms. The number of ketones is 1. The Hall–Kier alpha value is -2.96. The first-order valence-corrected chi connectivity index (χ1v) is 10.1. The van der Waals surface area contributed by atoms with Crippen molar-refractivity contribution in [1.82, 2.24) is 4.57 Å². The monoisotopic (exact) mass is 461 g/mol. The van der Waals surface area contributed by atoms with E-state index in [0.29, 0.717) is 32.8 Å². The third kappa shape index (κ3) is 4.70. The number of rotatable bonds is 7. The second kappa shape index (κ2) is 9.45. The molecule has 0 saturated heterocycles. The van der Waals surface area contributed by atoms with Gasteiger partial charge in [0, 0.05) is 22.6 Å². The number of halogens is 2. The van der Waals surface area contributed by atoms with E-state index >= 15 is 0 Å². The minimum absolute atomic E-state index is 0.256. The Balaban J connectivity index is 1.77. The summed E-state index contributed by atoms with van der Waals surface area (Å²) in [5.74, 6) is -0.0563. The van der Waals surface area contributed by atoms with Gasteiger partial charge in [-0.05, 0) is 56.3 Å². The molecule has 1 heterocycles. The average molecular weight is 462 g/mol. The van der Waals surface area contributed by atoms with Crippen molar-refractivity contribution in [2.24, 2.45) is 0 Å². The molecule has 31 heavy (non-hydrogen) atoms. The molecule has 0 N–H and O–H groups in total. The molecule has 0 spiro atoms. The Morgan fingerprint density at radius 2 is 1.61 bits per heavy atom. The number of carbonyl (C=O) groups is 2. The zero-order valence-electron chi connectivity index (χ0n) is 17.5. The van der Waals surface area contributed by atoms with Gasteiger partial charge in [-0.3, -0.25) is 4.79 Å². The number of ether oxygens (including phenoxy) is 3. The van der Waals surface area contributed by atoms with Crippen LogP contribution in [-0.4, -0.2) is 37.1 Å². The van der Waals surface area contributed by atoms with Gasteiger partial charge in [0.25, 0.3) is 0 Å². The lowest BCUT2D eigenvalue weighted by Crippen LogP contribution is -2.15. The fraction of sp³-hybridized carbons (Fsp3) is 0.217. The van der Waals surface area contributed by atoms with Crippen molar-refractivity contribution in [3.8, 4) is 17.2 Å². The fourth-order valence-electron chi connectivity index (χ4n) is 3.32. The predicted octanol–water partition coefficient (Wildman–Crippen LogP) is 5.46. The molecule has 162 valence electrons. The second-order valence-corrected chi connectivity index (χ2v) is 7.60. The summed E-state index contributed by atoms with van der Waals surface area (Å²) in [6.45, 7) is 3.31. The number of aromatic nitrogens is 1. The van der Waals surface area contributed by atoms with Crippen molar-refractivity contribution in [3.05, 3.63) is 75.0 Å². The highest BCUT2D eigenvalue weighted by Gasteiger charge is 2.19. The third-order valence-electron chi connectivity index (χ3n) is 4.85. The zero-order chi connectivity index (χ0) is 22.7. The molecule has 0 atom stereocenters. The third-order valence-corrected chi connectivity index (χ3v) is 5.59. The molecule has 3 rings (SSSR count). The molecule has 0 aliphatic heterocycles. The number of methoxy groups -OCH3 is 2. The van der Waals surface area contributed by atoms with Crippen molar-refractivity contribution in [1.29, 1.82) is 0 Å². The molecule has 0 aliphatic rings. The van der Waals surface area contributed by atoms with E-state index in [1.807, 2.05) is 24.5 Å². The van der Waals surface area contributed by atoms with Crippen LogP contribution in [0.25, 0.3) is 5.69 Å². The smallest absolute Gasteiger partial charge is 0.338 e. The summed E-state index contributed by atoms with van der Waals surface area (Å²) in [5, 5.41) is 0.870. The summed E-state index contributed by atoms with van der Waals surface area (Å²) in [7, 11) is 2.98. The molecule has 0 saturated carbocycles. The van der Waals surface area contributed by atoms with Crippen LogP contribution in [0.3, 0.4) is 0 Å². The lowest BCUT2D eigenvalue weighted by atomic mass is 10.1. The molecule has 0 radical (unpaired) electrons. The molecule has 0 amide bonds. The van der Waals surface area contributed by atoms with Gasteiger partial charge in [-0.25, -0.2) is 4.79 Å². The van der Waals surface area contributed by atoms with Crippen LogP contribution in [-0.2, 0) is 4.74 Å². The van der Waals surface area contributed by atoms with E-state index in [9.17, 15) is 9.59 Å². The second-order valence-electron chi connectivity index (χ2n) is 6.79. The van der Waals surface area contributed by atoms with E-state index in [-0.39, 0.29) is 11.3 Å². The molecule has 6 nitrogen and oxygen atoms in total. The minimum atomic E-state index is -0.632. The van der Waals surface area contributed by atoms with E-state index < -0.39 is 12.6 Å². The summed E-state index contributed by atoms with van der Waals surface area (Å²) < 4.78 is 17.5. The molecular formula is C23H21Cl2NO5. The van der Waals surface area contributed by atoms with E-state index in [0.717, 1.165) is 11.4 Å². The maximum absolute atomic E-state index is 12.8. The Morgan fingerprint density at radius 3 is 2.26 bits per heavy atom. The number of Topliss-reactive ketones (excluding diaryl/α,β-unsaturated/α-hetero) is 1. The summed E-state index contributed by atoms with van der Waals surface area (Å²) in [4.78, 5) is 25.2. The first kappa shape index (κ1) is 22.7. The number of benzene rings is 2. The maximum Gasteiger partial charge on any atom is 0.338 e. The number of aryl methyl sites for hydroxylation is 1. The summed E-state index contributed by atoms with van der Waals surface area (Å²) >= 11 is 12.1. The van der Waals surface area contributed by atoms with Crippen LogP contribution in [0, 0.1) is 13.8 Å². The van der Waals surface area contributed by atoms with E-state index in [2.05, 4.69) is 0 Å². The molecule has 3 aromatic rings. The van der Waals surface area contributed by atoms with Gasteiger partial charge >= 0.3 is 5.97 Å². The first-order valence-electron chi connectivity index (χ1n) is 9.33. The largest absolute Gasteiger partial charge is 0.493 e. The molecule has 1 aromatic heterocycles. The number of nitrogens with zero attached hydrogens (tertiary/aromatic N) is 1.